The van der Waals surface area contributed by atoms with Crippen LogP contribution in [-0.4, -0.2) is 47.6 Å². The second kappa shape index (κ2) is 31.7. The minimum absolute atomic E-state index is 0.106. The molecule has 6 nitrogen and oxygen atoms in total. The van der Waals surface area contributed by atoms with Crippen molar-refractivity contribution in [1.82, 2.24) is 0 Å². The van der Waals surface area contributed by atoms with Crippen LogP contribution in [0.3, 0.4) is 0 Å². The fourth-order valence-electron chi connectivity index (χ4n) is 4.33. The number of aliphatic hydroxyl groups excluding tert-OH is 2. The standard InChI is InChI=1S/C36H62O6/c1-3-5-7-8-9-10-16-20-23-26-30-36(40)42-34(31-37)32-41-35(39)29-25-22-19-17-14-12-11-13-15-18-21-24-28-33(38)27-6-4-2/h11-12,15,17-19,24,28,33-34,37-38H,3-10,13-14,16,20-23,25-27,29-32H2,1-2H3/b12-11-,18-15-,19-17-,28-24-/t33-,34-/m0/s1. The molecular weight excluding hydrogens is 528 g/mol. The van der Waals surface area contributed by atoms with Crippen LogP contribution in [0.2, 0.25) is 0 Å². The number of ether oxygens (including phenoxy) is 2. The molecule has 0 rings (SSSR count). The number of aliphatic hydroxyl groups is 2. The largest absolute Gasteiger partial charge is 0.462 e. The third-order valence-corrected chi connectivity index (χ3v) is 6.95. The van der Waals surface area contributed by atoms with E-state index in [0.29, 0.717) is 19.3 Å². The SMILES string of the molecule is CCCCCCCCCCCCC(=O)O[C@@H](CO)COC(=O)CCC/C=C\C/C=C\C/C=C\C/C=C\[C@@H](O)CCCC. The Balaban J connectivity index is 3.75. The van der Waals surface area contributed by atoms with E-state index in [-0.39, 0.29) is 31.3 Å². The summed E-state index contributed by atoms with van der Waals surface area (Å²) in [6.45, 7) is 3.89. The zero-order valence-electron chi connectivity index (χ0n) is 26.9. The lowest BCUT2D eigenvalue weighted by Gasteiger charge is -2.15. The maximum Gasteiger partial charge on any atom is 0.306 e. The highest BCUT2D eigenvalue weighted by atomic mass is 16.6. The van der Waals surface area contributed by atoms with Gasteiger partial charge in [-0.05, 0) is 44.9 Å². The molecule has 0 aliphatic heterocycles. The van der Waals surface area contributed by atoms with E-state index in [0.717, 1.165) is 64.2 Å². The molecule has 242 valence electrons. The van der Waals surface area contributed by atoms with Gasteiger partial charge in [-0.3, -0.25) is 9.59 Å². The van der Waals surface area contributed by atoms with Crippen molar-refractivity contribution in [2.75, 3.05) is 13.2 Å². The van der Waals surface area contributed by atoms with Crippen molar-refractivity contribution in [3.63, 3.8) is 0 Å². The number of carbonyl (C=O) groups excluding carboxylic acids is 2. The van der Waals surface area contributed by atoms with E-state index < -0.39 is 6.10 Å². The van der Waals surface area contributed by atoms with Crippen LogP contribution < -0.4 is 0 Å². The van der Waals surface area contributed by atoms with Crippen LogP contribution in [0.4, 0.5) is 0 Å². The molecule has 0 radical (unpaired) electrons. The minimum Gasteiger partial charge on any atom is -0.462 e. The maximum atomic E-state index is 12.0. The zero-order valence-corrected chi connectivity index (χ0v) is 26.9. The first-order valence-electron chi connectivity index (χ1n) is 16.8. The highest BCUT2D eigenvalue weighted by Crippen LogP contribution is 2.12. The molecule has 0 saturated heterocycles. The van der Waals surface area contributed by atoms with Crippen LogP contribution in [-0.2, 0) is 19.1 Å². The summed E-state index contributed by atoms with van der Waals surface area (Å²) in [7, 11) is 0. The number of unbranched alkanes of at least 4 members (excludes halogenated alkanes) is 11. The van der Waals surface area contributed by atoms with Gasteiger partial charge in [0.15, 0.2) is 6.10 Å². The molecule has 42 heavy (non-hydrogen) atoms. The molecule has 0 spiro atoms. The highest BCUT2D eigenvalue weighted by Gasteiger charge is 2.16. The third-order valence-electron chi connectivity index (χ3n) is 6.95. The molecule has 6 heteroatoms. The smallest absolute Gasteiger partial charge is 0.306 e. The summed E-state index contributed by atoms with van der Waals surface area (Å²) >= 11 is 0. The van der Waals surface area contributed by atoms with Crippen LogP contribution >= 0.6 is 0 Å². The van der Waals surface area contributed by atoms with Gasteiger partial charge in [-0.25, -0.2) is 0 Å². The number of carbonyl (C=O) groups is 2. The number of esters is 2. The quantitative estimate of drug-likeness (QED) is 0.0513. The number of allylic oxidation sites excluding steroid dienone is 7. The molecule has 0 unspecified atom stereocenters. The molecule has 2 N–H and O–H groups in total. The minimum atomic E-state index is -0.800. The summed E-state index contributed by atoms with van der Waals surface area (Å²) in [5.41, 5.74) is 0. The Bertz CT molecular complexity index is 739. The Kier molecular flexibility index (Phi) is 30.1. The molecule has 0 aromatic rings. The fraction of sp³-hybridized carbons (Fsp3) is 0.722. The van der Waals surface area contributed by atoms with E-state index in [2.05, 4.69) is 50.3 Å². The van der Waals surface area contributed by atoms with Crippen molar-refractivity contribution in [2.24, 2.45) is 0 Å². The lowest BCUT2D eigenvalue weighted by molar-refractivity contribution is -0.161. The van der Waals surface area contributed by atoms with Crippen LogP contribution in [0, 0.1) is 0 Å². The van der Waals surface area contributed by atoms with Crippen molar-refractivity contribution in [3.05, 3.63) is 48.6 Å². The van der Waals surface area contributed by atoms with Crippen molar-refractivity contribution in [2.45, 2.75) is 154 Å². The maximum absolute atomic E-state index is 12.0. The van der Waals surface area contributed by atoms with Gasteiger partial charge in [0, 0.05) is 12.8 Å². The van der Waals surface area contributed by atoms with E-state index in [4.69, 9.17) is 9.47 Å². The molecule has 0 bridgehead atoms. The lowest BCUT2D eigenvalue weighted by atomic mass is 10.1. The number of rotatable bonds is 29. The first-order valence-corrected chi connectivity index (χ1v) is 16.8. The van der Waals surface area contributed by atoms with E-state index in [9.17, 15) is 19.8 Å². The van der Waals surface area contributed by atoms with Crippen molar-refractivity contribution in [1.29, 1.82) is 0 Å². The second-order valence-electron chi connectivity index (χ2n) is 11.1. The molecular formula is C36H62O6. The molecule has 2 atom stereocenters. The summed E-state index contributed by atoms with van der Waals surface area (Å²) in [5.74, 6) is -0.685. The molecule has 0 fully saturated rings. The average Bonchev–Trinajstić information content (AvgIpc) is 2.99. The Morgan fingerprint density at radius 2 is 1.17 bits per heavy atom. The van der Waals surface area contributed by atoms with Crippen molar-refractivity contribution >= 4 is 11.9 Å². The van der Waals surface area contributed by atoms with Gasteiger partial charge in [0.05, 0.1) is 12.7 Å². The van der Waals surface area contributed by atoms with Crippen LogP contribution in [0.5, 0.6) is 0 Å². The zero-order chi connectivity index (χ0) is 30.9. The Hall–Kier alpha value is -2.18. The Morgan fingerprint density at radius 3 is 1.76 bits per heavy atom. The van der Waals surface area contributed by atoms with E-state index in [1.165, 1.54) is 44.9 Å². The summed E-state index contributed by atoms with van der Waals surface area (Å²) in [6, 6.07) is 0. The summed E-state index contributed by atoms with van der Waals surface area (Å²) in [4.78, 5) is 24.0. The Labute approximate surface area is 257 Å². The molecule has 0 aliphatic carbocycles. The predicted octanol–water partition coefficient (Wildman–Crippen LogP) is 8.86. The Morgan fingerprint density at radius 1 is 0.643 bits per heavy atom. The first kappa shape index (κ1) is 39.8. The average molecular weight is 591 g/mol. The second-order valence-corrected chi connectivity index (χ2v) is 11.1. The fourth-order valence-corrected chi connectivity index (χ4v) is 4.33. The van der Waals surface area contributed by atoms with Gasteiger partial charge in [0.25, 0.3) is 0 Å². The van der Waals surface area contributed by atoms with Gasteiger partial charge in [-0.1, -0.05) is 133 Å². The van der Waals surface area contributed by atoms with Gasteiger partial charge >= 0.3 is 11.9 Å². The summed E-state index contributed by atoms with van der Waals surface area (Å²) in [6.07, 6.45) is 35.0. The molecule has 0 aromatic carbocycles. The van der Waals surface area contributed by atoms with Gasteiger partial charge in [0.2, 0.25) is 0 Å². The molecule has 0 aliphatic rings. The van der Waals surface area contributed by atoms with E-state index in [1.54, 1.807) is 0 Å². The lowest BCUT2D eigenvalue weighted by Crippen LogP contribution is -2.28. The number of hydrogen-bond acceptors (Lipinski definition) is 6. The van der Waals surface area contributed by atoms with Crippen LogP contribution in [0.1, 0.15) is 142 Å². The van der Waals surface area contributed by atoms with E-state index >= 15 is 0 Å². The van der Waals surface area contributed by atoms with Crippen molar-refractivity contribution < 1.29 is 29.3 Å². The summed E-state index contributed by atoms with van der Waals surface area (Å²) < 4.78 is 10.5. The normalized spacial score (nSPS) is 13.5. The van der Waals surface area contributed by atoms with E-state index in [1.807, 2.05) is 12.2 Å². The predicted molar refractivity (Wildman–Crippen MR) is 174 cm³/mol. The van der Waals surface area contributed by atoms with Crippen LogP contribution in [0.25, 0.3) is 0 Å². The topological polar surface area (TPSA) is 93.1 Å². The van der Waals surface area contributed by atoms with Gasteiger partial charge in [-0.15, -0.1) is 0 Å². The highest BCUT2D eigenvalue weighted by molar-refractivity contribution is 5.70. The molecule has 0 saturated carbocycles. The monoisotopic (exact) mass is 590 g/mol. The van der Waals surface area contributed by atoms with Crippen molar-refractivity contribution in [3.8, 4) is 0 Å². The number of hydrogen-bond donors (Lipinski definition) is 2. The van der Waals surface area contributed by atoms with Gasteiger partial charge in [0.1, 0.15) is 6.61 Å². The van der Waals surface area contributed by atoms with Gasteiger partial charge < -0.3 is 19.7 Å². The van der Waals surface area contributed by atoms with Crippen LogP contribution in [0.15, 0.2) is 48.6 Å². The first-order chi connectivity index (χ1) is 20.5. The molecule has 0 heterocycles. The third kappa shape index (κ3) is 29.3. The molecule has 0 aromatic heterocycles. The summed E-state index contributed by atoms with van der Waals surface area (Å²) in [5, 5.41) is 19.2. The molecule has 0 amide bonds. The van der Waals surface area contributed by atoms with Gasteiger partial charge in [-0.2, -0.15) is 0 Å².